The number of nitrogens with one attached hydrogen (secondary N) is 3. The van der Waals surface area contributed by atoms with Gasteiger partial charge in [0.05, 0.1) is 6.54 Å². The summed E-state index contributed by atoms with van der Waals surface area (Å²) in [7, 11) is 1.68. The third kappa shape index (κ3) is 7.98. The first-order valence-electron chi connectivity index (χ1n) is 6.51. The van der Waals surface area contributed by atoms with Crippen molar-refractivity contribution in [2.75, 3.05) is 20.1 Å². The Kier molecular flexibility index (Phi) is 10.8. The second-order valence-corrected chi connectivity index (χ2v) is 4.11. The molecule has 3 N–H and O–H groups in total. The lowest BCUT2D eigenvalue weighted by molar-refractivity contribution is -0.120. The van der Waals surface area contributed by atoms with Gasteiger partial charge in [-0.05, 0) is 12.0 Å². The fourth-order valence-corrected chi connectivity index (χ4v) is 1.49. The zero-order valence-electron chi connectivity index (χ0n) is 12.0. The van der Waals surface area contributed by atoms with Crippen molar-refractivity contribution < 1.29 is 4.79 Å². The molecule has 5 nitrogen and oxygen atoms in total. The minimum absolute atomic E-state index is 0. The van der Waals surface area contributed by atoms with Crippen LogP contribution in [0.15, 0.2) is 35.3 Å². The zero-order chi connectivity index (χ0) is 13.9. The molecule has 0 saturated heterocycles. The Morgan fingerprint density at radius 3 is 2.45 bits per heavy atom. The average molecular weight is 390 g/mol. The van der Waals surface area contributed by atoms with E-state index in [1.54, 1.807) is 7.05 Å². The molecule has 0 saturated carbocycles. The van der Waals surface area contributed by atoms with Gasteiger partial charge in [-0.1, -0.05) is 37.3 Å². The maximum atomic E-state index is 11.4. The summed E-state index contributed by atoms with van der Waals surface area (Å²) in [6.07, 6.45) is 0.937. The predicted octanol–water partition coefficient (Wildman–Crippen LogP) is 1.50. The molecule has 0 atom stereocenters. The highest BCUT2D eigenvalue weighted by Crippen LogP contribution is 1.96. The van der Waals surface area contributed by atoms with Gasteiger partial charge >= 0.3 is 0 Å². The van der Waals surface area contributed by atoms with E-state index in [-0.39, 0.29) is 36.4 Å². The molecule has 0 aliphatic heterocycles. The number of carbonyl (C=O) groups excluding carboxylic acids is 1. The van der Waals surface area contributed by atoms with Crippen LogP contribution in [0.5, 0.6) is 0 Å². The Hall–Kier alpha value is -1.31. The maximum Gasteiger partial charge on any atom is 0.239 e. The Morgan fingerprint density at radius 2 is 1.85 bits per heavy atom. The van der Waals surface area contributed by atoms with Gasteiger partial charge < -0.3 is 16.0 Å². The lowest BCUT2D eigenvalue weighted by Crippen LogP contribution is -2.43. The molecule has 0 radical (unpaired) electrons. The SMILES string of the molecule is CCCNC(=O)CNC(=NC)NCc1ccccc1.I. The number of carbonyl (C=O) groups is 1. The standard InChI is InChI=1S/C14H22N4O.HI/c1-3-9-16-13(19)11-18-14(15-2)17-10-12-7-5-4-6-8-12;/h4-8H,3,9-11H2,1-2H3,(H,16,19)(H2,15,17,18);1H. The van der Waals surface area contributed by atoms with Crippen LogP contribution in [-0.4, -0.2) is 32.0 Å². The minimum atomic E-state index is -0.0236. The Labute approximate surface area is 137 Å². The molecule has 1 rings (SSSR count). The van der Waals surface area contributed by atoms with Gasteiger partial charge in [0.25, 0.3) is 0 Å². The van der Waals surface area contributed by atoms with Gasteiger partial charge in [-0.15, -0.1) is 24.0 Å². The van der Waals surface area contributed by atoms with Gasteiger partial charge in [0.2, 0.25) is 5.91 Å². The zero-order valence-corrected chi connectivity index (χ0v) is 14.3. The Balaban J connectivity index is 0.00000361. The second kappa shape index (κ2) is 11.5. The topological polar surface area (TPSA) is 65.5 Å². The van der Waals surface area contributed by atoms with E-state index in [9.17, 15) is 4.79 Å². The second-order valence-electron chi connectivity index (χ2n) is 4.11. The summed E-state index contributed by atoms with van der Waals surface area (Å²) in [4.78, 5) is 15.5. The molecular weight excluding hydrogens is 367 g/mol. The monoisotopic (exact) mass is 390 g/mol. The molecule has 1 aromatic carbocycles. The number of hydrogen-bond donors (Lipinski definition) is 3. The van der Waals surface area contributed by atoms with E-state index < -0.39 is 0 Å². The summed E-state index contributed by atoms with van der Waals surface area (Å²) >= 11 is 0. The van der Waals surface area contributed by atoms with E-state index >= 15 is 0 Å². The van der Waals surface area contributed by atoms with Gasteiger partial charge in [0, 0.05) is 20.1 Å². The molecule has 1 aromatic rings. The molecule has 0 aliphatic carbocycles. The Morgan fingerprint density at radius 1 is 1.15 bits per heavy atom. The van der Waals surface area contributed by atoms with Crippen LogP contribution >= 0.6 is 24.0 Å². The summed E-state index contributed by atoms with van der Waals surface area (Å²) in [6, 6.07) is 10.0. The summed E-state index contributed by atoms with van der Waals surface area (Å²) in [5.41, 5.74) is 1.17. The predicted molar refractivity (Wildman–Crippen MR) is 93.4 cm³/mol. The smallest absolute Gasteiger partial charge is 0.239 e. The number of benzene rings is 1. The van der Waals surface area contributed by atoms with Gasteiger partial charge in [-0.3, -0.25) is 9.79 Å². The van der Waals surface area contributed by atoms with Gasteiger partial charge in [0.1, 0.15) is 0 Å². The highest BCUT2D eigenvalue weighted by Gasteiger charge is 2.02. The normalized spacial score (nSPS) is 10.4. The molecule has 0 aliphatic rings. The van der Waals surface area contributed by atoms with Crippen molar-refractivity contribution in [1.29, 1.82) is 0 Å². The van der Waals surface area contributed by atoms with Crippen LogP contribution in [-0.2, 0) is 11.3 Å². The van der Waals surface area contributed by atoms with E-state index in [0.717, 1.165) is 6.42 Å². The van der Waals surface area contributed by atoms with Crippen LogP contribution in [0.25, 0.3) is 0 Å². The molecule has 0 spiro atoms. The Bertz CT molecular complexity index is 409. The highest BCUT2D eigenvalue weighted by atomic mass is 127. The summed E-state index contributed by atoms with van der Waals surface area (Å²) < 4.78 is 0. The summed E-state index contributed by atoms with van der Waals surface area (Å²) in [5.74, 6) is 0.597. The lowest BCUT2D eigenvalue weighted by atomic mass is 10.2. The summed E-state index contributed by atoms with van der Waals surface area (Å²) in [5, 5.41) is 8.93. The van der Waals surface area contributed by atoms with Crippen molar-refractivity contribution in [2.24, 2.45) is 4.99 Å². The van der Waals surface area contributed by atoms with Crippen LogP contribution in [0.1, 0.15) is 18.9 Å². The minimum Gasteiger partial charge on any atom is -0.355 e. The summed E-state index contributed by atoms with van der Waals surface area (Å²) in [6.45, 7) is 3.64. The first kappa shape index (κ1) is 18.7. The average Bonchev–Trinajstić information content (AvgIpc) is 2.46. The van der Waals surface area contributed by atoms with E-state index in [2.05, 4.69) is 20.9 Å². The highest BCUT2D eigenvalue weighted by molar-refractivity contribution is 14.0. The van der Waals surface area contributed by atoms with Crippen LogP contribution < -0.4 is 16.0 Å². The van der Waals surface area contributed by atoms with E-state index in [1.165, 1.54) is 5.56 Å². The van der Waals surface area contributed by atoms with Crippen LogP contribution in [0.4, 0.5) is 0 Å². The van der Waals surface area contributed by atoms with Crippen molar-refractivity contribution in [1.82, 2.24) is 16.0 Å². The number of guanidine groups is 1. The number of rotatable bonds is 6. The number of halogens is 1. The quantitative estimate of drug-likeness (QED) is 0.392. The third-order valence-electron chi connectivity index (χ3n) is 2.51. The first-order chi connectivity index (χ1) is 9.26. The number of amides is 1. The third-order valence-corrected chi connectivity index (χ3v) is 2.51. The molecule has 112 valence electrons. The molecule has 1 amide bonds. The molecular formula is C14H23IN4O. The van der Waals surface area contributed by atoms with Crippen LogP contribution in [0.3, 0.4) is 0 Å². The van der Waals surface area contributed by atoms with E-state index in [0.29, 0.717) is 19.0 Å². The molecule has 6 heteroatoms. The molecule has 0 heterocycles. The fourth-order valence-electron chi connectivity index (χ4n) is 1.49. The maximum absolute atomic E-state index is 11.4. The molecule has 0 fully saturated rings. The van der Waals surface area contributed by atoms with Gasteiger partial charge in [-0.25, -0.2) is 0 Å². The van der Waals surface area contributed by atoms with Crippen molar-refractivity contribution >= 4 is 35.8 Å². The van der Waals surface area contributed by atoms with Gasteiger partial charge in [-0.2, -0.15) is 0 Å². The molecule has 0 aromatic heterocycles. The fraction of sp³-hybridized carbons (Fsp3) is 0.429. The van der Waals surface area contributed by atoms with Crippen LogP contribution in [0.2, 0.25) is 0 Å². The molecule has 20 heavy (non-hydrogen) atoms. The van der Waals surface area contributed by atoms with E-state index in [4.69, 9.17) is 0 Å². The van der Waals surface area contributed by atoms with Crippen molar-refractivity contribution in [3.8, 4) is 0 Å². The largest absolute Gasteiger partial charge is 0.355 e. The molecule has 0 bridgehead atoms. The van der Waals surface area contributed by atoms with Crippen molar-refractivity contribution in [3.05, 3.63) is 35.9 Å². The van der Waals surface area contributed by atoms with Crippen molar-refractivity contribution in [2.45, 2.75) is 19.9 Å². The molecule has 0 unspecified atom stereocenters. The van der Waals surface area contributed by atoms with Crippen molar-refractivity contribution in [3.63, 3.8) is 0 Å². The van der Waals surface area contributed by atoms with Gasteiger partial charge in [0.15, 0.2) is 5.96 Å². The number of nitrogens with zero attached hydrogens (tertiary/aromatic N) is 1. The number of aliphatic imine (C=N–C) groups is 1. The first-order valence-corrected chi connectivity index (χ1v) is 6.51. The van der Waals surface area contributed by atoms with E-state index in [1.807, 2.05) is 37.3 Å². The number of hydrogen-bond acceptors (Lipinski definition) is 2. The van der Waals surface area contributed by atoms with Crippen LogP contribution in [0, 0.1) is 0 Å². The lowest BCUT2D eigenvalue weighted by Gasteiger charge is -2.11.